The predicted octanol–water partition coefficient (Wildman–Crippen LogP) is 7.73. The molecule has 4 rings (SSSR count). The van der Waals surface area contributed by atoms with E-state index < -0.39 is 67.1 Å². The van der Waals surface area contributed by atoms with Gasteiger partial charge in [-0.2, -0.15) is 0 Å². The van der Waals surface area contributed by atoms with Gasteiger partial charge in [-0.1, -0.05) is 6.58 Å². The van der Waals surface area contributed by atoms with Crippen LogP contribution in [0.15, 0.2) is 12.2 Å². The number of ether oxygens (including phenoxy) is 1. The predicted molar refractivity (Wildman–Crippen MR) is 182 cm³/mol. The standard InChI is InChI=1S/C32H60O7Si4/c1-22-20-30-21-31(22,38-42(10,11)12)18-16-23(30)32(39-43(13,14)15)19-17-24(36-40(4,5)6)29(2,28(34)37-41(7,8)9)26(32)25(30)27(33)35-3/h23-26H,1,16-21H2,2-15H3/t23-,24+,25-,26-,29?,30+,31+,32-/m1/s1. The van der Waals surface area contributed by atoms with Gasteiger partial charge in [-0.15, -0.1) is 0 Å². The summed E-state index contributed by atoms with van der Waals surface area (Å²) in [7, 11) is -7.03. The number of esters is 1. The molecule has 0 saturated heterocycles. The first-order valence-electron chi connectivity index (χ1n) is 16.3. The Morgan fingerprint density at radius 2 is 1.40 bits per heavy atom. The van der Waals surface area contributed by atoms with Gasteiger partial charge in [0.15, 0.2) is 25.0 Å². The molecule has 8 atom stereocenters. The fourth-order valence-electron chi connectivity index (χ4n) is 9.75. The van der Waals surface area contributed by atoms with E-state index in [9.17, 15) is 9.59 Å². The smallest absolute Gasteiger partial charge is 0.309 e. The van der Waals surface area contributed by atoms with Crippen LogP contribution < -0.4 is 0 Å². The zero-order valence-corrected chi connectivity index (χ0v) is 33.6. The molecule has 0 aromatic carbocycles. The molecule has 0 radical (unpaired) electrons. The first-order valence-corrected chi connectivity index (χ1v) is 30.0. The molecule has 0 heterocycles. The van der Waals surface area contributed by atoms with Gasteiger partial charge >= 0.3 is 11.9 Å². The molecule has 0 N–H and O–H groups in total. The molecule has 4 saturated carbocycles. The number of carbonyl (C=O) groups excluding carboxylic acids is 2. The van der Waals surface area contributed by atoms with E-state index in [1.165, 1.54) is 7.11 Å². The summed E-state index contributed by atoms with van der Waals surface area (Å²) in [6.45, 7) is 32.7. The van der Waals surface area contributed by atoms with Crippen molar-refractivity contribution in [2.45, 2.75) is 141 Å². The maximum Gasteiger partial charge on any atom is 0.309 e. The van der Waals surface area contributed by atoms with E-state index in [4.69, 9.17) is 22.4 Å². The lowest BCUT2D eigenvalue weighted by Gasteiger charge is -2.58. The Hall–Kier alpha value is -0.572. The molecule has 0 aromatic rings. The SMILES string of the molecule is C=C1C[C@]23C[C@@]1(O[Si](C)(C)C)CC[C@H]2[C@]1(O[Si](C)(C)C)CC[C@H](O[Si](C)(C)C)C(C)(C(=O)O[Si](C)(C)C)[C@H]1[C@@H]3C(=O)OC. The van der Waals surface area contributed by atoms with Gasteiger partial charge in [-0.3, -0.25) is 9.59 Å². The van der Waals surface area contributed by atoms with Gasteiger partial charge < -0.3 is 22.4 Å². The van der Waals surface area contributed by atoms with Gasteiger partial charge in [-0.25, -0.2) is 0 Å². The number of methoxy groups -OCH3 is 1. The van der Waals surface area contributed by atoms with Crippen molar-refractivity contribution in [2.75, 3.05) is 7.11 Å². The molecule has 4 aliphatic rings. The van der Waals surface area contributed by atoms with E-state index in [1.54, 1.807) is 0 Å². The van der Waals surface area contributed by atoms with E-state index in [0.29, 0.717) is 12.8 Å². The average Bonchev–Trinajstić information content (AvgIpc) is 3.14. The van der Waals surface area contributed by atoms with Crippen LogP contribution >= 0.6 is 0 Å². The first-order chi connectivity index (χ1) is 19.3. The molecule has 246 valence electrons. The maximum absolute atomic E-state index is 14.8. The summed E-state index contributed by atoms with van der Waals surface area (Å²) in [5, 5.41) is 0. The van der Waals surface area contributed by atoms with Crippen LogP contribution in [0.2, 0.25) is 78.6 Å². The Kier molecular flexibility index (Phi) is 8.81. The minimum Gasteiger partial charge on any atom is -0.519 e. The van der Waals surface area contributed by atoms with Crippen LogP contribution in [0.1, 0.15) is 45.4 Å². The van der Waals surface area contributed by atoms with Crippen molar-refractivity contribution in [2.24, 2.45) is 28.6 Å². The van der Waals surface area contributed by atoms with E-state index in [-0.39, 0.29) is 24.0 Å². The van der Waals surface area contributed by atoms with Crippen LogP contribution in [0.3, 0.4) is 0 Å². The highest BCUT2D eigenvalue weighted by Crippen LogP contribution is 2.77. The molecule has 7 nitrogen and oxygen atoms in total. The molecule has 4 aliphatic carbocycles. The first kappa shape index (κ1) is 35.3. The fraction of sp³-hybridized carbons (Fsp3) is 0.875. The molecule has 0 aromatic heterocycles. The van der Waals surface area contributed by atoms with Crippen molar-refractivity contribution in [1.29, 1.82) is 0 Å². The zero-order chi connectivity index (χ0) is 32.8. The summed E-state index contributed by atoms with van der Waals surface area (Å²) in [5.74, 6) is -1.43. The second-order valence-electron chi connectivity index (χ2n) is 18.2. The summed E-state index contributed by atoms with van der Waals surface area (Å²) in [6.07, 6.45) is 4.22. The molecular formula is C32H60O7Si4. The van der Waals surface area contributed by atoms with Gasteiger partial charge in [-0.05, 0) is 141 Å². The van der Waals surface area contributed by atoms with Crippen molar-refractivity contribution in [1.82, 2.24) is 0 Å². The normalized spacial score (nSPS) is 39.7. The molecule has 2 bridgehead atoms. The number of carbonyl (C=O) groups is 2. The van der Waals surface area contributed by atoms with Crippen LogP contribution in [0, 0.1) is 28.6 Å². The van der Waals surface area contributed by atoms with Crippen LogP contribution in [0.5, 0.6) is 0 Å². The van der Waals surface area contributed by atoms with Crippen molar-refractivity contribution >= 4 is 45.2 Å². The Morgan fingerprint density at radius 3 is 1.88 bits per heavy atom. The Bertz CT molecular complexity index is 1150. The highest BCUT2D eigenvalue weighted by atomic mass is 28.4. The zero-order valence-electron chi connectivity index (χ0n) is 29.6. The van der Waals surface area contributed by atoms with E-state index in [1.807, 2.05) is 26.6 Å². The lowest BCUT2D eigenvalue weighted by atomic mass is 9.56. The van der Waals surface area contributed by atoms with E-state index in [2.05, 4.69) is 65.5 Å². The van der Waals surface area contributed by atoms with Gasteiger partial charge in [0, 0.05) is 5.92 Å². The Labute approximate surface area is 265 Å². The fourth-order valence-corrected chi connectivity index (χ4v) is 14.7. The molecule has 1 spiro atoms. The monoisotopic (exact) mass is 668 g/mol. The molecule has 0 amide bonds. The molecular weight excluding hydrogens is 609 g/mol. The summed E-state index contributed by atoms with van der Waals surface area (Å²) in [6, 6.07) is 0. The number of hydrogen-bond acceptors (Lipinski definition) is 7. The molecule has 4 fully saturated rings. The van der Waals surface area contributed by atoms with Gasteiger partial charge in [0.1, 0.15) is 0 Å². The van der Waals surface area contributed by atoms with Crippen molar-refractivity contribution in [3.63, 3.8) is 0 Å². The third kappa shape index (κ3) is 6.14. The highest BCUT2D eigenvalue weighted by molar-refractivity contribution is 6.71. The summed E-state index contributed by atoms with van der Waals surface area (Å²) in [5.41, 5.74) is -1.60. The maximum atomic E-state index is 14.8. The quantitative estimate of drug-likeness (QED) is 0.141. The van der Waals surface area contributed by atoms with E-state index in [0.717, 1.165) is 31.3 Å². The Balaban J connectivity index is 2.03. The summed E-state index contributed by atoms with van der Waals surface area (Å²) in [4.78, 5) is 29.2. The summed E-state index contributed by atoms with van der Waals surface area (Å²) < 4.78 is 33.6. The minimum absolute atomic E-state index is 0.0743. The second-order valence-corrected chi connectivity index (χ2v) is 35.9. The van der Waals surface area contributed by atoms with E-state index >= 15 is 0 Å². The van der Waals surface area contributed by atoms with Crippen molar-refractivity contribution in [3.05, 3.63) is 12.2 Å². The van der Waals surface area contributed by atoms with Crippen molar-refractivity contribution in [3.8, 4) is 0 Å². The third-order valence-corrected chi connectivity index (χ3v) is 14.1. The van der Waals surface area contributed by atoms with Crippen LogP contribution in [-0.2, 0) is 32.0 Å². The van der Waals surface area contributed by atoms with Crippen LogP contribution in [0.25, 0.3) is 0 Å². The minimum atomic E-state index is -2.29. The molecule has 43 heavy (non-hydrogen) atoms. The third-order valence-electron chi connectivity index (χ3n) is 10.3. The molecule has 0 aliphatic heterocycles. The molecule has 1 unspecified atom stereocenters. The van der Waals surface area contributed by atoms with Gasteiger partial charge in [0.05, 0.1) is 35.7 Å². The van der Waals surface area contributed by atoms with Crippen molar-refractivity contribution < 1.29 is 32.0 Å². The molecule has 11 heteroatoms. The number of hydrogen-bond donors (Lipinski definition) is 0. The van der Waals surface area contributed by atoms with Crippen LogP contribution in [-0.4, -0.2) is 69.6 Å². The topological polar surface area (TPSA) is 80.3 Å². The van der Waals surface area contributed by atoms with Crippen LogP contribution in [0.4, 0.5) is 0 Å². The second kappa shape index (κ2) is 10.7. The lowest BCUT2D eigenvalue weighted by molar-refractivity contribution is -0.191. The largest absolute Gasteiger partial charge is 0.519 e. The average molecular weight is 669 g/mol. The Morgan fingerprint density at radius 1 is 0.814 bits per heavy atom. The number of rotatable bonds is 9. The van der Waals surface area contributed by atoms with Gasteiger partial charge in [0.25, 0.3) is 0 Å². The summed E-state index contributed by atoms with van der Waals surface area (Å²) >= 11 is 0. The lowest BCUT2D eigenvalue weighted by Crippen LogP contribution is -2.66. The highest BCUT2D eigenvalue weighted by Gasteiger charge is 2.81. The van der Waals surface area contributed by atoms with Gasteiger partial charge in [0.2, 0.25) is 8.32 Å². The number of fused-ring (bicyclic) bond motifs is 3.